The van der Waals surface area contributed by atoms with E-state index in [4.69, 9.17) is 29.9 Å². The molecular formula is C21H28N6O3S. The Morgan fingerprint density at radius 1 is 1.29 bits per heavy atom. The molecule has 1 atom stereocenters. The molecule has 2 aromatic heterocycles. The van der Waals surface area contributed by atoms with Gasteiger partial charge in [-0.3, -0.25) is 0 Å². The highest BCUT2D eigenvalue weighted by atomic mass is 32.2. The topological polar surface area (TPSA) is 101 Å². The van der Waals surface area contributed by atoms with Crippen molar-refractivity contribution in [2.24, 2.45) is 0 Å². The summed E-state index contributed by atoms with van der Waals surface area (Å²) in [4.78, 5) is 16.4. The van der Waals surface area contributed by atoms with Gasteiger partial charge in [0.05, 0.1) is 32.3 Å². The summed E-state index contributed by atoms with van der Waals surface area (Å²) in [5.74, 6) is 2.20. The second-order valence-corrected chi connectivity index (χ2v) is 8.04. The van der Waals surface area contributed by atoms with Crippen LogP contribution in [0.5, 0.6) is 5.75 Å². The van der Waals surface area contributed by atoms with Crippen LogP contribution in [0.25, 0.3) is 11.2 Å². The Balaban J connectivity index is 1.62. The zero-order valence-corrected chi connectivity index (χ0v) is 18.9. The van der Waals surface area contributed by atoms with Crippen LogP contribution in [0, 0.1) is 0 Å². The minimum absolute atomic E-state index is 0.268. The molecule has 10 heteroatoms. The molecule has 0 bridgehead atoms. The maximum absolute atomic E-state index is 6.05. The van der Waals surface area contributed by atoms with Gasteiger partial charge < -0.3 is 29.4 Å². The molecule has 3 heterocycles. The van der Waals surface area contributed by atoms with Crippen LogP contribution in [0.3, 0.4) is 0 Å². The summed E-state index contributed by atoms with van der Waals surface area (Å²) in [7, 11) is 1.61. The summed E-state index contributed by atoms with van der Waals surface area (Å²) in [5, 5.41) is 0.701. The number of anilines is 2. The van der Waals surface area contributed by atoms with Crippen LogP contribution in [0.15, 0.2) is 29.7 Å². The van der Waals surface area contributed by atoms with Gasteiger partial charge in [0.1, 0.15) is 5.75 Å². The van der Waals surface area contributed by atoms with E-state index in [2.05, 4.69) is 16.8 Å². The van der Waals surface area contributed by atoms with Crippen molar-refractivity contribution in [1.82, 2.24) is 19.5 Å². The van der Waals surface area contributed by atoms with Gasteiger partial charge in [0.2, 0.25) is 0 Å². The molecule has 1 saturated heterocycles. The Labute approximate surface area is 185 Å². The maximum Gasteiger partial charge on any atom is 0.191 e. The van der Waals surface area contributed by atoms with Crippen molar-refractivity contribution in [3.8, 4) is 5.75 Å². The largest absolute Gasteiger partial charge is 0.495 e. The van der Waals surface area contributed by atoms with E-state index < -0.39 is 0 Å². The van der Waals surface area contributed by atoms with Crippen LogP contribution < -0.4 is 15.4 Å². The highest BCUT2D eigenvalue weighted by Gasteiger charge is 2.25. The summed E-state index contributed by atoms with van der Waals surface area (Å²) in [5.41, 5.74) is 9.40. The fourth-order valence-electron chi connectivity index (χ4n) is 3.55. The van der Waals surface area contributed by atoms with Crippen LogP contribution >= 0.6 is 11.8 Å². The number of hydrogen-bond acceptors (Lipinski definition) is 9. The molecule has 9 nitrogen and oxygen atoms in total. The number of aromatic nitrogens is 4. The average molecular weight is 445 g/mol. The van der Waals surface area contributed by atoms with Gasteiger partial charge in [0.15, 0.2) is 28.4 Å². The molecular weight excluding hydrogens is 416 g/mol. The van der Waals surface area contributed by atoms with E-state index in [-0.39, 0.29) is 6.29 Å². The molecule has 1 aliphatic rings. The second-order valence-electron chi connectivity index (χ2n) is 7.10. The lowest BCUT2D eigenvalue weighted by atomic mass is 10.2. The van der Waals surface area contributed by atoms with E-state index in [1.54, 1.807) is 18.9 Å². The highest BCUT2D eigenvalue weighted by Crippen LogP contribution is 2.30. The van der Waals surface area contributed by atoms with Gasteiger partial charge in [-0.2, -0.15) is 0 Å². The Morgan fingerprint density at radius 2 is 2.16 bits per heavy atom. The summed E-state index contributed by atoms with van der Waals surface area (Å²) < 4.78 is 18.7. The van der Waals surface area contributed by atoms with Crippen molar-refractivity contribution < 1.29 is 14.2 Å². The van der Waals surface area contributed by atoms with Crippen molar-refractivity contribution in [3.63, 3.8) is 0 Å². The SMILES string of the molecule is CCOC1CN(c2nc(SCc3ccc(OC)c(N)c3)nc3c2ncn3CC)CCO1. The van der Waals surface area contributed by atoms with Crippen molar-refractivity contribution >= 4 is 34.4 Å². The number of aryl methyl sites for hydroxylation is 1. The Morgan fingerprint density at radius 3 is 2.90 bits per heavy atom. The third-order valence-corrected chi connectivity index (χ3v) is 6.03. The molecule has 3 aromatic rings. The summed E-state index contributed by atoms with van der Waals surface area (Å²) >= 11 is 1.57. The van der Waals surface area contributed by atoms with E-state index in [0.29, 0.717) is 42.1 Å². The van der Waals surface area contributed by atoms with E-state index >= 15 is 0 Å². The van der Waals surface area contributed by atoms with Crippen LogP contribution in [-0.2, 0) is 21.8 Å². The summed E-state index contributed by atoms with van der Waals surface area (Å²) in [6, 6.07) is 5.82. The van der Waals surface area contributed by atoms with Gasteiger partial charge in [-0.1, -0.05) is 17.8 Å². The summed E-state index contributed by atoms with van der Waals surface area (Å²) in [6.07, 6.45) is 1.55. The van der Waals surface area contributed by atoms with Crippen molar-refractivity contribution in [3.05, 3.63) is 30.1 Å². The Hall–Kier alpha value is -2.56. The maximum atomic E-state index is 6.05. The monoisotopic (exact) mass is 444 g/mol. The lowest BCUT2D eigenvalue weighted by molar-refractivity contribution is -0.143. The number of benzene rings is 1. The third kappa shape index (κ3) is 4.70. The third-order valence-electron chi connectivity index (χ3n) is 5.11. The lowest BCUT2D eigenvalue weighted by Gasteiger charge is -2.33. The predicted molar refractivity (Wildman–Crippen MR) is 122 cm³/mol. The smallest absolute Gasteiger partial charge is 0.191 e. The lowest BCUT2D eigenvalue weighted by Crippen LogP contribution is -2.44. The Bertz CT molecular complexity index is 1040. The quantitative estimate of drug-likeness (QED) is 0.319. The molecule has 31 heavy (non-hydrogen) atoms. The molecule has 166 valence electrons. The first kappa shape index (κ1) is 21.7. The molecule has 2 N–H and O–H groups in total. The number of ether oxygens (including phenoxy) is 3. The van der Waals surface area contributed by atoms with Crippen molar-refractivity contribution in [1.29, 1.82) is 0 Å². The minimum atomic E-state index is -0.268. The summed E-state index contributed by atoms with van der Waals surface area (Å²) in [6.45, 7) is 7.36. The van der Waals surface area contributed by atoms with Crippen LogP contribution in [-0.4, -0.2) is 59.2 Å². The van der Waals surface area contributed by atoms with Gasteiger partial charge in [0, 0.05) is 25.4 Å². The van der Waals surface area contributed by atoms with Crippen LogP contribution in [0.1, 0.15) is 19.4 Å². The molecule has 1 fully saturated rings. The first-order valence-electron chi connectivity index (χ1n) is 10.4. The molecule has 1 aliphatic heterocycles. The van der Waals surface area contributed by atoms with E-state index in [0.717, 1.165) is 35.6 Å². The van der Waals surface area contributed by atoms with E-state index in [1.165, 1.54) is 0 Å². The molecule has 1 unspecified atom stereocenters. The number of methoxy groups -OCH3 is 1. The second kappa shape index (κ2) is 9.71. The number of thioether (sulfide) groups is 1. The standard InChI is InChI=1S/C21H28N6O3S/c1-4-26-13-23-18-19(26)24-21(31-12-14-6-7-16(28-3)15(22)10-14)25-20(18)27-8-9-30-17(11-27)29-5-2/h6-7,10,13,17H,4-5,8-9,11-12,22H2,1-3H3. The molecule has 0 radical (unpaired) electrons. The first-order chi connectivity index (χ1) is 15.1. The van der Waals surface area contributed by atoms with Crippen LogP contribution in [0.2, 0.25) is 0 Å². The van der Waals surface area contributed by atoms with Crippen LogP contribution in [0.4, 0.5) is 11.5 Å². The van der Waals surface area contributed by atoms with Gasteiger partial charge in [0.25, 0.3) is 0 Å². The molecule has 0 spiro atoms. The number of nitrogens with two attached hydrogens (primary N) is 1. The van der Waals surface area contributed by atoms with Crippen molar-refractivity contribution in [2.45, 2.75) is 37.6 Å². The molecule has 0 aliphatic carbocycles. The number of morpholine rings is 1. The number of rotatable bonds is 8. The molecule has 4 rings (SSSR count). The predicted octanol–water partition coefficient (Wildman–Crippen LogP) is 2.93. The van der Waals surface area contributed by atoms with Gasteiger partial charge in [-0.05, 0) is 31.5 Å². The normalized spacial score (nSPS) is 16.7. The van der Waals surface area contributed by atoms with E-state index in [1.807, 2.05) is 36.0 Å². The van der Waals surface area contributed by atoms with Gasteiger partial charge >= 0.3 is 0 Å². The number of fused-ring (bicyclic) bond motifs is 1. The Kier molecular flexibility index (Phi) is 6.79. The highest BCUT2D eigenvalue weighted by molar-refractivity contribution is 7.98. The molecule has 1 aromatic carbocycles. The van der Waals surface area contributed by atoms with Gasteiger partial charge in [-0.15, -0.1) is 0 Å². The fourth-order valence-corrected chi connectivity index (χ4v) is 4.32. The molecule has 0 saturated carbocycles. The zero-order valence-electron chi connectivity index (χ0n) is 18.1. The number of imidazole rings is 1. The number of nitrogens with zero attached hydrogens (tertiary/aromatic N) is 5. The fraction of sp³-hybridized carbons (Fsp3) is 0.476. The molecule has 0 amide bonds. The van der Waals surface area contributed by atoms with Crippen molar-refractivity contribution in [2.75, 3.05) is 44.0 Å². The number of hydrogen-bond donors (Lipinski definition) is 1. The van der Waals surface area contributed by atoms with Gasteiger partial charge in [-0.25, -0.2) is 15.0 Å². The zero-order chi connectivity index (χ0) is 21.8. The minimum Gasteiger partial charge on any atom is -0.495 e. The average Bonchev–Trinajstić information content (AvgIpc) is 3.20. The van der Waals surface area contributed by atoms with E-state index in [9.17, 15) is 0 Å². The number of nitrogen functional groups attached to an aromatic ring is 1. The first-order valence-corrected chi connectivity index (χ1v) is 11.4.